The van der Waals surface area contributed by atoms with E-state index in [0.717, 1.165) is 34.4 Å². The molecule has 4 nitrogen and oxygen atoms in total. The van der Waals surface area contributed by atoms with Crippen LogP contribution < -0.4 is 5.32 Å². The molecule has 0 aliphatic carbocycles. The number of benzene rings is 1. The monoisotopic (exact) mass is 278 g/mol. The quantitative estimate of drug-likeness (QED) is 0.797. The fourth-order valence-corrected chi connectivity index (χ4v) is 2.34. The summed E-state index contributed by atoms with van der Waals surface area (Å²) in [6.45, 7) is 1.99. The lowest BCUT2D eigenvalue weighted by molar-refractivity contribution is 0.551. The van der Waals surface area contributed by atoms with Crippen molar-refractivity contribution in [2.45, 2.75) is 19.4 Å². The second kappa shape index (κ2) is 5.97. The largest absolute Gasteiger partial charge is 0.310 e. The van der Waals surface area contributed by atoms with Crippen LogP contribution in [-0.4, -0.2) is 22.0 Å². The van der Waals surface area contributed by atoms with Gasteiger partial charge in [0.05, 0.1) is 11.6 Å². The van der Waals surface area contributed by atoms with Crippen molar-refractivity contribution in [2.24, 2.45) is 0 Å². The van der Waals surface area contributed by atoms with Crippen LogP contribution >= 0.6 is 0 Å². The molecule has 0 spiro atoms. The number of likely N-dealkylation sites (N-methyl/N-ethyl adjacent to an activating group) is 1. The Kier molecular flexibility index (Phi) is 3.88. The van der Waals surface area contributed by atoms with Crippen LogP contribution in [-0.2, 0) is 6.42 Å². The number of aromatic nitrogens is 3. The molecule has 4 heteroatoms. The first-order valence-corrected chi connectivity index (χ1v) is 7.07. The van der Waals surface area contributed by atoms with E-state index in [1.54, 1.807) is 0 Å². The molecule has 3 aromatic rings. The van der Waals surface area contributed by atoms with Crippen LogP contribution in [0.15, 0.2) is 48.8 Å². The number of hydrogen-bond acceptors (Lipinski definition) is 4. The van der Waals surface area contributed by atoms with E-state index < -0.39 is 0 Å². The van der Waals surface area contributed by atoms with Crippen molar-refractivity contribution in [1.82, 2.24) is 20.3 Å². The molecule has 0 saturated carbocycles. The van der Waals surface area contributed by atoms with Crippen molar-refractivity contribution < 1.29 is 0 Å². The van der Waals surface area contributed by atoms with Crippen molar-refractivity contribution >= 4 is 10.9 Å². The molecule has 0 radical (unpaired) electrons. The fourth-order valence-electron chi connectivity index (χ4n) is 2.34. The molecule has 0 saturated heterocycles. The SMILES string of the molecule is CNC(Cc1ccc2ccccc2n1)c1ncc(C)cn1. The van der Waals surface area contributed by atoms with E-state index in [9.17, 15) is 0 Å². The molecular formula is C17H18N4. The Balaban J connectivity index is 1.86. The lowest BCUT2D eigenvalue weighted by Gasteiger charge is -2.14. The number of pyridine rings is 1. The number of fused-ring (bicyclic) bond motifs is 1. The van der Waals surface area contributed by atoms with Gasteiger partial charge in [0.15, 0.2) is 0 Å². The summed E-state index contributed by atoms with van der Waals surface area (Å²) in [5.41, 5.74) is 3.13. The fraction of sp³-hybridized carbons (Fsp3) is 0.235. The second-order valence-electron chi connectivity index (χ2n) is 5.16. The van der Waals surface area contributed by atoms with Gasteiger partial charge in [0.1, 0.15) is 5.82 Å². The van der Waals surface area contributed by atoms with Gasteiger partial charge in [-0.15, -0.1) is 0 Å². The molecule has 21 heavy (non-hydrogen) atoms. The van der Waals surface area contributed by atoms with Crippen LogP contribution in [0.25, 0.3) is 10.9 Å². The molecule has 106 valence electrons. The summed E-state index contributed by atoms with van der Waals surface area (Å²) in [7, 11) is 1.93. The summed E-state index contributed by atoms with van der Waals surface area (Å²) >= 11 is 0. The van der Waals surface area contributed by atoms with Gasteiger partial charge < -0.3 is 5.32 Å². The van der Waals surface area contributed by atoms with E-state index in [1.165, 1.54) is 0 Å². The minimum Gasteiger partial charge on any atom is -0.310 e. The van der Waals surface area contributed by atoms with Crippen LogP contribution in [0, 0.1) is 6.92 Å². The predicted octanol–water partition coefficient (Wildman–Crippen LogP) is 2.84. The Labute approximate surface area is 124 Å². The molecule has 1 N–H and O–H groups in total. The van der Waals surface area contributed by atoms with Gasteiger partial charge in [-0.25, -0.2) is 9.97 Å². The molecule has 0 aliphatic heterocycles. The summed E-state index contributed by atoms with van der Waals surface area (Å²) in [4.78, 5) is 13.5. The van der Waals surface area contributed by atoms with E-state index in [0.29, 0.717) is 0 Å². The van der Waals surface area contributed by atoms with Gasteiger partial charge >= 0.3 is 0 Å². The van der Waals surface area contributed by atoms with Crippen LogP contribution in [0.5, 0.6) is 0 Å². The zero-order valence-electron chi connectivity index (χ0n) is 12.2. The zero-order chi connectivity index (χ0) is 14.7. The molecule has 0 fully saturated rings. The van der Waals surface area contributed by atoms with Crippen molar-refractivity contribution in [2.75, 3.05) is 7.05 Å². The first-order valence-electron chi connectivity index (χ1n) is 7.07. The van der Waals surface area contributed by atoms with Crippen molar-refractivity contribution in [3.8, 4) is 0 Å². The smallest absolute Gasteiger partial charge is 0.145 e. The maximum atomic E-state index is 4.71. The van der Waals surface area contributed by atoms with Gasteiger partial charge in [0.25, 0.3) is 0 Å². The van der Waals surface area contributed by atoms with Gasteiger partial charge in [0, 0.05) is 29.9 Å². The van der Waals surface area contributed by atoms with Crippen LogP contribution in [0.3, 0.4) is 0 Å². The average molecular weight is 278 g/mol. The Morgan fingerprint density at radius 1 is 1.05 bits per heavy atom. The Morgan fingerprint density at radius 2 is 1.81 bits per heavy atom. The first kappa shape index (κ1) is 13.6. The van der Waals surface area contributed by atoms with E-state index in [1.807, 2.05) is 44.6 Å². The number of rotatable bonds is 4. The first-order chi connectivity index (χ1) is 10.3. The van der Waals surface area contributed by atoms with E-state index in [2.05, 4.69) is 33.5 Å². The third-order valence-corrected chi connectivity index (χ3v) is 3.53. The lowest BCUT2D eigenvalue weighted by atomic mass is 10.1. The second-order valence-corrected chi connectivity index (χ2v) is 5.16. The maximum absolute atomic E-state index is 4.71. The third kappa shape index (κ3) is 3.06. The molecule has 1 atom stereocenters. The van der Waals surface area contributed by atoms with Crippen molar-refractivity contribution in [1.29, 1.82) is 0 Å². The van der Waals surface area contributed by atoms with Gasteiger partial charge in [0.2, 0.25) is 0 Å². The normalized spacial score (nSPS) is 12.5. The molecule has 1 aromatic carbocycles. The third-order valence-electron chi connectivity index (χ3n) is 3.53. The summed E-state index contributed by atoms with van der Waals surface area (Å²) in [5, 5.41) is 4.43. The van der Waals surface area contributed by atoms with Gasteiger partial charge in [-0.2, -0.15) is 0 Å². The molecule has 2 aromatic heterocycles. The van der Waals surface area contributed by atoms with Crippen LogP contribution in [0.1, 0.15) is 23.1 Å². The summed E-state index contributed by atoms with van der Waals surface area (Å²) < 4.78 is 0. The Hall–Kier alpha value is -2.33. The highest BCUT2D eigenvalue weighted by Gasteiger charge is 2.14. The number of para-hydroxylation sites is 1. The Morgan fingerprint density at radius 3 is 2.57 bits per heavy atom. The summed E-state index contributed by atoms with van der Waals surface area (Å²) in [6, 6.07) is 12.4. The molecule has 3 rings (SSSR count). The number of aryl methyl sites for hydroxylation is 1. The van der Waals surface area contributed by atoms with E-state index in [4.69, 9.17) is 4.98 Å². The average Bonchev–Trinajstić information content (AvgIpc) is 2.53. The van der Waals surface area contributed by atoms with Crippen LogP contribution in [0.4, 0.5) is 0 Å². The molecular weight excluding hydrogens is 260 g/mol. The molecule has 0 bridgehead atoms. The van der Waals surface area contributed by atoms with Crippen LogP contribution in [0.2, 0.25) is 0 Å². The van der Waals surface area contributed by atoms with Crippen molar-refractivity contribution in [3.63, 3.8) is 0 Å². The highest BCUT2D eigenvalue weighted by molar-refractivity contribution is 5.78. The maximum Gasteiger partial charge on any atom is 0.145 e. The summed E-state index contributed by atoms with van der Waals surface area (Å²) in [5.74, 6) is 0.804. The topological polar surface area (TPSA) is 50.7 Å². The molecule has 0 amide bonds. The van der Waals surface area contributed by atoms with Crippen molar-refractivity contribution in [3.05, 3.63) is 65.9 Å². The molecule has 1 unspecified atom stereocenters. The number of nitrogens with zero attached hydrogens (tertiary/aromatic N) is 3. The van der Waals surface area contributed by atoms with E-state index >= 15 is 0 Å². The standard InChI is InChI=1S/C17H18N4/c1-12-10-19-17(20-11-12)16(18-2)9-14-8-7-13-5-3-4-6-15(13)21-14/h3-8,10-11,16,18H,9H2,1-2H3. The van der Waals surface area contributed by atoms with E-state index in [-0.39, 0.29) is 6.04 Å². The molecule has 2 heterocycles. The van der Waals surface area contributed by atoms with Gasteiger partial charge in [-0.3, -0.25) is 4.98 Å². The predicted molar refractivity (Wildman–Crippen MR) is 84.0 cm³/mol. The lowest BCUT2D eigenvalue weighted by Crippen LogP contribution is -2.21. The minimum absolute atomic E-state index is 0.0688. The summed E-state index contributed by atoms with van der Waals surface area (Å²) in [6.07, 6.45) is 4.46. The van der Waals surface area contributed by atoms with Gasteiger partial charge in [-0.1, -0.05) is 24.3 Å². The number of nitrogens with one attached hydrogen (secondary N) is 1. The highest BCUT2D eigenvalue weighted by Crippen LogP contribution is 2.17. The number of hydrogen-bond donors (Lipinski definition) is 1. The zero-order valence-corrected chi connectivity index (χ0v) is 12.2. The highest BCUT2D eigenvalue weighted by atomic mass is 15.0. The molecule has 0 aliphatic rings. The van der Waals surface area contributed by atoms with Gasteiger partial charge in [-0.05, 0) is 31.7 Å². The Bertz CT molecular complexity index is 737. The minimum atomic E-state index is 0.0688.